The average Bonchev–Trinajstić information content (AvgIpc) is 2.46. The number of rotatable bonds is 12. The van der Waals surface area contributed by atoms with Crippen molar-refractivity contribution >= 4 is 18.4 Å². The second-order valence-corrected chi connectivity index (χ2v) is 22.8. The second-order valence-electron chi connectivity index (χ2n) is 8.80. The number of aliphatic hydroxyl groups excluding tert-OH is 1. The Morgan fingerprint density at radius 1 is 0.818 bits per heavy atom. The van der Waals surface area contributed by atoms with Crippen LogP contribution in [0, 0.1) is 11.3 Å². The van der Waals surface area contributed by atoms with Gasteiger partial charge in [-0.3, -0.25) is 0 Å². The molecule has 0 fully saturated rings. The summed E-state index contributed by atoms with van der Waals surface area (Å²) in [5, 5.41) is 10.7. The molecule has 0 aromatic heterocycles. The van der Waals surface area contributed by atoms with Crippen LogP contribution < -0.4 is 0 Å². The molecule has 0 saturated carbocycles. The van der Waals surface area contributed by atoms with E-state index in [1.807, 2.05) is 0 Å². The fourth-order valence-corrected chi connectivity index (χ4v) is 21.9. The summed E-state index contributed by atoms with van der Waals surface area (Å²) in [7, 11) is 0. The summed E-state index contributed by atoms with van der Waals surface area (Å²) < 4.78 is 6.10. The van der Waals surface area contributed by atoms with Gasteiger partial charge in [-0.25, -0.2) is 0 Å². The van der Waals surface area contributed by atoms with Crippen molar-refractivity contribution in [3.63, 3.8) is 0 Å². The minimum absolute atomic E-state index is 0.0251. The molecule has 0 bridgehead atoms. The van der Waals surface area contributed by atoms with Gasteiger partial charge in [-0.1, -0.05) is 0 Å². The molecular weight excluding hydrogens is 375 g/mol. The summed E-state index contributed by atoms with van der Waals surface area (Å²) in [6.07, 6.45) is 8.17. The van der Waals surface area contributed by atoms with Crippen molar-refractivity contribution < 1.29 is 5.11 Å². The number of hydrogen-bond acceptors (Lipinski definition) is 1. The minimum atomic E-state index is -2.09. The van der Waals surface area contributed by atoms with Crippen LogP contribution >= 0.6 is 0 Å². The van der Waals surface area contributed by atoms with Gasteiger partial charge in [0.2, 0.25) is 0 Å². The van der Waals surface area contributed by atoms with Crippen LogP contribution in [0.2, 0.25) is 17.7 Å². The third-order valence-electron chi connectivity index (χ3n) is 5.36. The second kappa shape index (κ2) is 11.3. The third kappa shape index (κ3) is 8.57. The first kappa shape index (κ1) is 22.8. The molecule has 2 atom stereocenters. The van der Waals surface area contributed by atoms with Gasteiger partial charge in [0.15, 0.2) is 0 Å². The van der Waals surface area contributed by atoms with E-state index in [4.69, 9.17) is 0 Å². The van der Waals surface area contributed by atoms with E-state index in [0.29, 0.717) is 5.92 Å². The summed E-state index contributed by atoms with van der Waals surface area (Å²) in [6, 6.07) is 0. The molecule has 0 amide bonds. The summed E-state index contributed by atoms with van der Waals surface area (Å²) in [5.74, 6) is 0.487. The van der Waals surface area contributed by atoms with Crippen molar-refractivity contribution in [3.05, 3.63) is 0 Å². The summed E-state index contributed by atoms with van der Waals surface area (Å²) >= 11 is -2.09. The normalized spacial score (nSPS) is 15.8. The Hall–Kier alpha value is 0.759. The first-order valence-electron chi connectivity index (χ1n) is 9.90. The maximum absolute atomic E-state index is 10.7. The van der Waals surface area contributed by atoms with Crippen molar-refractivity contribution in [3.8, 4) is 0 Å². The van der Waals surface area contributed by atoms with Crippen LogP contribution in [0.5, 0.6) is 0 Å². The van der Waals surface area contributed by atoms with Gasteiger partial charge < -0.3 is 0 Å². The van der Waals surface area contributed by atoms with Crippen molar-refractivity contribution in [2.24, 2.45) is 11.3 Å². The van der Waals surface area contributed by atoms with E-state index in [-0.39, 0.29) is 11.5 Å². The van der Waals surface area contributed by atoms with Crippen LogP contribution in [0.3, 0.4) is 0 Å². The molecule has 22 heavy (non-hydrogen) atoms. The van der Waals surface area contributed by atoms with Crippen LogP contribution in [0.4, 0.5) is 0 Å². The standard InChI is InChI=1S/C8H17O.3C4H9.Sn/c1-6(2)7(9)8(3,4)5;3*1-3-4-2;/h6-7,9H,1H2,2-5H3;3*1,3-4H2,2H3;/t6-,7+;;;;/m0..../s1. The predicted octanol–water partition coefficient (Wildman–Crippen LogP) is 6.88. The molecule has 0 saturated heterocycles. The molecule has 0 aliphatic carbocycles. The van der Waals surface area contributed by atoms with E-state index in [1.54, 1.807) is 13.3 Å². The van der Waals surface area contributed by atoms with Gasteiger partial charge in [-0.15, -0.1) is 0 Å². The average molecular weight is 419 g/mol. The van der Waals surface area contributed by atoms with Gasteiger partial charge in [0.25, 0.3) is 0 Å². The van der Waals surface area contributed by atoms with Crippen LogP contribution in [0.1, 0.15) is 87.0 Å². The van der Waals surface area contributed by atoms with Gasteiger partial charge in [-0.05, 0) is 0 Å². The van der Waals surface area contributed by atoms with E-state index in [0.717, 1.165) is 0 Å². The predicted molar refractivity (Wildman–Crippen MR) is 104 cm³/mol. The Balaban J connectivity index is 5.05. The van der Waals surface area contributed by atoms with Crippen molar-refractivity contribution in [1.29, 1.82) is 0 Å². The molecule has 0 aromatic rings. The van der Waals surface area contributed by atoms with E-state index in [9.17, 15) is 5.11 Å². The molecule has 0 unspecified atom stereocenters. The molecule has 1 nitrogen and oxygen atoms in total. The number of unbranched alkanes of at least 4 members (excludes halogenated alkanes) is 3. The van der Waals surface area contributed by atoms with Gasteiger partial charge in [0, 0.05) is 0 Å². The topological polar surface area (TPSA) is 20.2 Å². The van der Waals surface area contributed by atoms with Crippen LogP contribution in [0.25, 0.3) is 0 Å². The van der Waals surface area contributed by atoms with Gasteiger partial charge in [0.05, 0.1) is 0 Å². The van der Waals surface area contributed by atoms with E-state index >= 15 is 0 Å². The Morgan fingerprint density at radius 2 is 1.18 bits per heavy atom. The van der Waals surface area contributed by atoms with E-state index in [1.165, 1.54) is 43.0 Å². The molecule has 0 aliphatic rings. The Labute approximate surface area is 145 Å². The fraction of sp³-hybridized carbons (Fsp3) is 1.00. The van der Waals surface area contributed by atoms with Crippen LogP contribution in [-0.4, -0.2) is 29.6 Å². The van der Waals surface area contributed by atoms with Crippen molar-refractivity contribution in [2.45, 2.75) is 111 Å². The Morgan fingerprint density at radius 3 is 1.45 bits per heavy atom. The zero-order valence-corrected chi connectivity index (χ0v) is 19.5. The molecule has 2 heteroatoms. The van der Waals surface area contributed by atoms with Gasteiger partial charge in [0.1, 0.15) is 0 Å². The van der Waals surface area contributed by atoms with Crippen LogP contribution in [0.15, 0.2) is 0 Å². The number of aliphatic hydroxyl groups is 1. The van der Waals surface area contributed by atoms with Crippen LogP contribution in [-0.2, 0) is 0 Å². The number of hydrogen-bond donors (Lipinski definition) is 1. The molecule has 0 heterocycles. The van der Waals surface area contributed by atoms with Crippen molar-refractivity contribution in [2.75, 3.05) is 0 Å². The molecule has 134 valence electrons. The summed E-state index contributed by atoms with van der Waals surface area (Å²) in [4.78, 5) is 0. The van der Waals surface area contributed by atoms with E-state index < -0.39 is 18.4 Å². The molecule has 0 spiro atoms. The Kier molecular flexibility index (Phi) is 11.7. The quantitative estimate of drug-likeness (QED) is 0.342. The maximum atomic E-state index is 10.7. The molecule has 1 N–H and O–H groups in total. The zero-order valence-electron chi connectivity index (χ0n) is 16.7. The SMILES string of the molecule is CCC[CH2][Sn]([CH2]CCC)([CH2]CCC)[CH2][C@@H](C)[C@@H](O)C(C)(C)C. The zero-order chi connectivity index (χ0) is 17.2. The first-order chi connectivity index (χ1) is 10.2. The molecule has 0 radical (unpaired) electrons. The van der Waals surface area contributed by atoms with Crippen molar-refractivity contribution in [1.82, 2.24) is 0 Å². The monoisotopic (exact) mass is 420 g/mol. The fourth-order valence-electron chi connectivity index (χ4n) is 3.98. The van der Waals surface area contributed by atoms with Gasteiger partial charge in [-0.2, -0.15) is 0 Å². The summed E-state index contributed by atoms with van der Waals surface area (Å²) in [5.41, 5.74) is 0.0251. The molecule has 0 rings (SSSR count). The summed E-state index contributed by atoms with van der Waals surface area (Å²) in [6.45, 7) is 15.9. The van der Waals surface area contributed by atoms with E-state index in [2.05, 4.69) is 48.5 Å². The third-order valence-corrected chi connectivity index (χ3v) is 21.8. The molecule has 0 aliphatic heterocycles. The molecular formula is C20H44OSn. The first-order valence-corrected chi connectivity index (χ1v) is 18.0. The Bertz CT molecular complexity index is 248. The molecule has 0 aromatic carbocycles. The van der Waals surface area contributed by atoms with Gasteiger partial charge >= 0.3 is 146 Å².